The molecule has 6 atom stereocenters. The van der Waals surface area contributed by atoms with Crippen LogP contribution in [0.4, 0.5) is 0 Å². The topological polar surface area (TPSA) is 186 Å². The normalized spacial score (nSPS) is 30.3. The van der Waals surface area contributed by atoms with Crippen LogP contribution < -0.4 is 10.5 Å². The number of ketones is 3. The monoisotopic (exact) mass is 527 g/mol. The van der Waals surface area contributed by atoms with Crippen molar-refractivity contribution >= 4 is 17.3 Å². The van der Waals surface area contributed by atoms with Gasteiger partial charge in [0, 0.05) is 42.0 Å². The number of aromatic hydroxyl groups is 2. The lowest BCUT2D eigenvalue weighted by Gasteiger charge is -2.42. The molecule has 0 bridgehead atoms. The number of benzene rings is 2. The average molecular weight is 528 g/mol. The highest BCUT2D eigenvalue weighted by molar-refractivity contribution is 6.31. The van der Waals surface area contributed by atoms with Gasteiger partial charge in [0.05, 0.1) is 42.1 Å². The van der Waals surface area contributed by atoms with Crippen LogP contribution in [0.5, 0.6) is 17.2 Å². The second kappa shape index (κ2) is 9.14. The van der Waals surface area contributed by atoms with Gasteiger partial charge in [0.25, 0.3) is 0 Å². The summed E-state index contributed by atoms with van der Waals surface area (Å²) < 4.78 is 17.1. The Labute approximate surface area is 217 Å². The molecule has 3 unspecified atom stereocenters. The molecule has 202 valence electrons. The molecule has 2 aliphatic carbocycles. The fourth-order valence-electron chi connectivity index (χ4n) is 5.66. The number of carbonyl (C=O) groups is 3. The number of methoxy groups -OCH3 is 1. The molecule has 0 aromatic heterocycles. The molecule has 6 N–H and O–H groups in total. The largest absolute Gasteiger partial charge is 0.507 e. The molecule has 3 aliphatic rings. The number of nitrogens with two attached hydrogens (primary N) is 1. The molecule has 0 spiro atoms. The fourth-order valence-corrected chi connectivity index (χ4v) is 5.66. The minimum Gasteiger partial charge on any atom is -0.507 e. The summed E-state index contributed by atoms with van der Waals surface area (Å²) >= 11 is 0. The van der Waals surface area contributed by atoms with Gasteiger partial charge in [-0.1, -0.05) is 12.1 Å². The summed E-state index contributed by atoms with van der Waals surface area (Å²) in [5.41, 5.74) is 2.97. The van der Waals surface area contributed by atoms with Crippen molar-refractivity contribution < 1.29 is 49.0 Å². The Balaban J connectivity index is 1.68. The van der Waals surface area contributed by atoms with Gasteiger partial charge in [-0.15, -0.1) is 0 Å². The van der Waals surface area contributed by atoms with Gasteiger partial charge in [0.15, 0.2) is 17.9 Å². The summed E-state index contributed by atoms with van der Waals surface area (Å²) in [6, 6.07) is 3.75. The quantitative estimate of drug-likeness (QED) is 0.305. The summed E-state index contributed by atoms with van der Waals surface area (Å²) in [7, 11) is 1.34. The van der Waals surface area contributed by atoms with Crippen molar-refractivity contribution in [2.24, 2.45) is 5.73 Å². The smallest absolute Gasteiger partial charge is 0.202 e. The molecule has 1 heterocycles. The van der Waals surface area contributed by atoms with Crippen LogP contribution >= 0.6 is 0 Å². The predicted molar refractivity (Wildman–Crippen MR) is 130 cm³/mol. The van der Waals surface area contributed by atoms with Gasteiger partial charge in [-0.25, -0.2) is 0 Å². The second-order valence-electron chi connectivity index (χ2n) is 10.1. The first-order chi connectivity index (χ1) is 17.9. The van der Waals surface area contributed by atoms with Gasteiger partial charge in [-0.3, -0.25) is 14.4 Å². The Morgan fingerprint density at radius 1 is 1.13 bits per heavy atom. The molecule has 0 saturated carbocycles. The lowest BCUT2D eigenvalue weighted by molar-refractivity contribution is -0.247. The number of carbonyl (C=O) groups excluding carboxylic acids is 3. The maximum atomic E-state index is 13.6. The zero-order valence-corrected chi connectivity index (χ0v) is 21.1. The van der Waals surface area contributed by atoms with E-state index < -0.39 is 82.6 Å². The number of aliphatic hydroxyl groups is 2. The first-order valence-electron chi connectivity index (χ1n) is 12.2. The van der Waals surface area contributed by atoms with Gasteiger partial charge < -0.3 is 40.4 Å². The number of rotatable bonds is 4. The van der Waals surface area contributed by atoms with Gasteiger partial charge in [0.1, 0.15) is 22.8 Å². The van der Waals surface area contributed by atoms with E-state index in [0.717, 1.165) is 0 Å². The average Bonchev–Trinajstić information content (AvgIpc) is 2.87. The number of hydrogen-bond donors (Lipinski definition) is 5. The third-order valence-corrected chi connectivity index (χ3v) is 7.80. The highest BCUT2D eigenvalue weighted by Gasteiger charge is 2.49. The van der Waals surface area contributed by atoms with Crippen LogP contribution in [0.2, 0.25) is 0 Å². The van der Waals surface area contributed by atoms with E-state index in [1.807, 2.05) is 0 Å². The van der Waals surface area contributed by atoms with E-state index in [1.54, 1.807) is 6.92 Å². The predicted octanol–water partition coefficient (Wildman–Crippen LogP) is 1.03. The van der Waals surface area contributed by atoms with Gasteiger partial charge in [-0.2, -0.15) is 0 Å². The van der Waals surface area contributed by atoms with E-state index in [1.165, 1.54) is 32.2 Å². The van der Waals surface area contributed by atoms with Crippen molar-refractivity contribution in [2.75, 3.05) is 7.11 Å². The summed E-state index contributed by atoms with van der Waals surface area (Å²) in [5, 5.41) is 44.1. The number of hydrogen-bond acceptors (Lipinski definition) is 11. The van der Waals surface area contributed by atoms with E-state index in [0.29, 0.717) is 0 Å². The van der Waals surface area contributed by atoms with Crippen LogP contribution in [0.25, 0.3) is 0 Å². The van der Waals surface area contributed by atoms with E-state index >= 15 is 0 Å². The molecule has 11 heteroatoms. The summed E-state index contributed by atoms with van der Waals surface area (Å²) in [6.07, 6.45) is -4.53. The van der Waals surface area contributed by atoms with E-state index in [-0.39, 0.29) is 40.8 Å². The van der Waals surface area contributed by atoms with Crippen molar-refractivity contribution in [3.05, 3.63) is 51.6 Å². The summed E-state index contributed by atoms with van der Waals surface area (Å²) in [4.78, 5) is 39.6. The van der Waals surface area contributed by atoms with Gasteiger partial charge in [0.2, 0.25) is 5.78 Å². The Morgan fingerprint density at radius 3 is 2.45 bits per heavy atom. The van der Waals surface area contributed by atoms with Gasteiger partial charge >= 0.3 is 0 Å². The minimum atomic E-state index is -2.00. The number of fused-ring (bicyclic) bond motifs is 3. The third kappa shape index (κ3) is 3.81. The molecular weight excluding hydrogens is 498 g/mol. The Hall–Kier alpha value is -3.35. The molecule has 1 fully saturated rings. The van der Waals surface area contributed by atoms with E-state index in [9.17, 15) is 34.8 Å². The summed E-state index contributed by atoms with van der Waals surface area (Å²) in [5.74, 6) is -3.18. The third-order valence-electron chi connectivity index (χ3n) is 7.80. The molecule has 38 heavy (non-hydrogen) atoms. The van der Waals surface area contributed by atoms with Crippen LogP contribution in [0.15, 0.2) is 18.2 Å². The molecule has 1 saturated heterocycles. The SMILES string of the molecule is COc1cccc2c1C(=O)c1c(O)c3c(c(O)c1C2=O)C[C@@](O)(C(C)=O)C[C@@H]3OC1CC(N)C(O)[C@H](C)O1. The Kier molecular flexibility index (Phi) is 6.32. The molecule has 0 radical (unpaired) electrons. The molecule has 2 aromatic rings. The number of phenols is 2. The maximum absolute atomic E-state index is 13.6. The highest BCUT2D eigenvalue weighted by Crippen LogP contribution is 2.52. The lowest BCUT2D eigenvalue weighted by Crippen LogP contribution is -2.52. The standard InChI is InChI=1S/C27H29NO10/c1-10-22(30)14(28)7-17(37-10)38-16-9-27(35,11(2)29)8-13-19(16)26(34)21-20(24(13)32)23(31)12-5-4-6-15(36-3)18(12)25(21)33/h4-6,10,14,16-17,22,30,32,34-35H,7-9,28H2,1-3H3/t10-,14?,16-,17?,22?,27-/m0/s1. The van der Waals surface area contributed by atoms with Crippen molar-refractivity contribution in [1.82, 2.24) is 0 Å². The first kappa shape index (κ1) is 26.3. The molecule has 1 aliphatic heterocycles. The van der Waals surface area contributed by atoms with Crippen LogP contribution in [0.3, 0.4) is 0 Å². The van der Waals surface area contributed by atoms with Crippen molar-refractivity contribution in [1.29, 1.82) is 0 Å². The lowest BCUT2D eigenvalue weighted by atomic mass is 9.72. The van der Waals surface area contributed by atoms with Gasteiger partial charge in [-0.05, 0) is 19.9 Å². The molecule has 0 amide bonds. The fraction of sp³-hybridized carbons (Fsp3) is 0.444. The molecular formula is C27H29NO10. The van der Waals surface area contributed by atoms with Crippen LogP contribution in [0.1, 0.15) is 75.8 Å². The minimum absolute atomic E-state index is 0.0147. The number of Topliss-reactive ketones (excluding diaryl/α,β-unsaturated/α-hetero) is 1. The van der Waals surface area contributed by atoms with E-state index in [4.69, 9.17) is 19.9 Å². The van der Waals surface area contributed by atoms with Crippen LogP contribution in [-0.2, 0) is 20.7 Å². The number of ether oxygens (including phenoxy) is 3. The Bertz CT molecular complexity index is 1360. The van der Waals surface area contributed by atoms with Crippen molar-refractivity contribution in [2.45, 2.75) is 69.4 Å². The molecule has 5 rings (SSSR count). The summed E-state index contributed by atoms with van der Waals surface area (Å²) in [6.45, 7) is 2.79. The molecule has 11 nitrogen and oxygen atoms in total. The molecule has 2 aromatic carbocycles. The number of phenolic OH excluding ortho intramolecular Hbond substituents is 2. The van der Waals surface area contributed by atoms with Crippen LogP contribution in [-0.4, -0.2) is 75.0 Å². The second-order valence-corrected chi connectivity index (χ2v) is 10.1. The number of aliphatic hydroxyl groups excluding tert-OH is 1. The van der Waals surface area contributed by atoms with Crippen molar-refractivity contribution in [3.63, 3.8) is 0 Å². The maximum Gasteiger partial charge on any atom is 0.202 e. The van der Waals surface area contributed by atoms with Crippen LogP contribution in [0, 0.1) is 0 Å². The first-order valence-corrected chi connectivity index (χ1v) is 12.2. The Morgan fingerprint density at radius 2 is 1.82 bits per heavy atom. The zero-order valence-electron chi connectivity index (χ0n) is 21.1. The van der Waals surface area contributed by atoms with E-state index in [2.05, 4.69) is 0 Å². The highest BCUT2D eigenvalue weighted by atomic mass is 16.7. The van der Waals surface area contributed by atoms with Crippen molar-refractivity contribution in [3.8, 4) is 17.2 Å². The zero-order chi connectivity index (χ0) is 27.7.